The molecular formula is C11H13BrO. The van der Waals surface area contributed by atoms with E-state index >= 15 is 0 Å². The van der Waals surface area contributed by atoms with Crippen LogP contribution in [0, 0.1) is 0 Å². The Labute approximate surface area is 87.2 Å². The minimum absolute atomic E-state index is 0.502. The number of hydrogen-bond donors (Lipinski definition) is 0. The van der Waals surface area contributed by atoms with Crippen molar-refractivity contribution in [1.82, 2.24) is 0 Å². The molecule has 0 spiro atoms. The number of ether oxygens (including phenoxy) is 1. The molecule has 1 aromatic rings. The number of hydrogen-bond acceptors (Lipinski definition) is 1. The normalized spacial score (nSPS) is 15.8. The molecule has 0 unspecified atom stereocenters. The lowest BCUT2D eigenvalue weighted by Gasteiger charge is -2.04. The molecule has 0 amide bonds. The van der Waals surface area contributed by atoms with E-state index in [9.17, 15) is 0 Å². The molecule has 0 bridgehead atoms. The Hall–Kier alpha value is -0.500. The van der Waals surface area contributed by atoms with Gasteiger partial charge in [0, 0.05) is 5.33 Å². The van der Waals surface area contributed by atoms with Crippen LogP contribution in [0.1, 0.15) is 18.4 Å². The zero-order valence-corrected chi connectivity index (χ0v) is 9.09. The van der Waals surface area contributed by atoms with E-state index in [2.05, 4.69) is 40.2 Å². The SMILES string of the molecule is BrCCc1ccc(OC2CC2)cc1. The zero-order chi connectivity index (χ0) is 9.10. The van der Waals surface area contributed by atoms with Gasteiger partial charge in [0.25, 0.3) is 0 Å². The summed E-state index contributed by atoms with van der Waals surface area (Å²) >= 11 is 3.42. The van der Waals surface area contributed by atoms with Gasteiger partial charge in [-0.2, -0.15) is 0 Å². The summed E-state index contributed by atoms with van der Waals surface area (Å²) in [6.07, 6.45) is 4.04. The highest BCUT2D eigenvalue weighted by molar-refractivity contribution is 9.09. The van der Waals surface area contributed by atoms with Crippen LogP contribution in [0.15, 0.2) is 24.3 Å². The minimum atomic E-state index is 0.502. The van der Waals surface area contributed by atoms with Gasteiger partial charge in [-0.3, -0.25) is 0 Å². The number of alkyl halides is 1. The predicted molar refractivity (Wildman–Crippen MR) is 57.6 cm³/mol. The van der Waals surface area contributed by atoms with Crippen LogP contribution in [0.3, 0.4) is 0 Å². The average molecular weight is 241 g/mol. The fourth-order valence-electron chi connectivity index (χ4n) is 1.22. The van der Waals surface area contributed by atoms with Crippen LogP contribution in [0.4, 0.5) is 0 Å². The van der Waals surface area contributed by atoms with E-state index in [1.807, 2.05) is 0 Å². The fraction of sp³-hybridized carbons (Fsp3) is 0.455. The number of rotatable bonds is 4. The van der Waals surface area contributed by atoms with Gasteiger partial charge in [-0.15, -0.1) is 0 Å². The van der Waals surface area contributed by atoms with Crippen LogP contribution in [0.5, 0.6) is 5.75 Å². The lowest BCUT2D eigenvalue weighted by Crippen LogP contribution is -1.95. The first kappa shape index (κ1) is 9.07. The largest absolute Gasteiger partial charge is 0.490 e. The second kappa shape index (κ2) is 4.14. The van der Waals surface area contributed by atoms with Crippen molar-refractivity contribution in [3.05, 3.63) is 29.8 Å². The van der Waals surface area contributed by atoms with E-state index < -0.39 is 0 Å². The second-order valence-electron chi connectivity index (χ2n) is 3.40. The molecule has 0 aliphatic heterocycles. The molecule has 13 heavy (non-hydrogen) atoms. The average Bonchev–Trinajstić information content (AvgIpc) is 2.93. The molecule has 1 aromatic carbocycles. The van der Waals surface area contributed by atoms with Crippen LogP contribution in [-0.2, 0) is 6.42 Å². The van der Waals surface area contributed by atoms with Crippen molar-refractivity contribution in [2.75, 3.05) is 5.33 Å². The zero-order valence-electron chi connectivity index (χ0n) is 7.50. The lowest BCUT2D eigenvalue weighted by molar-refractivity contribution is 0.303. The first-order chi connectivity index (χ1) is 6.38. The molecule has 1 aliphatic rings. The van der Waals surface area contributed by atoms with Crippen LogP contribution in [0.2, 0.25) is 0 Å². The standard InChI is InChI=1S/C11H13BrO/c12-8-7-9-1-3-10(4-2-9)13-11-5-6-11/h1-4,11H,5-8H2. The van der Waals surface area contributed by atoms with Crippen molar-refractivity contribution < 1.29 is 4.74 Å². The first-order valence-corrected chi connectivity index (χ1v) is 5.82. The van der Waals surface area contributed by atoms with Gasteiger partial charge in [-0.1, -0.05) is 28.1 Å². The summed E-state index contributed by atoms with van der Waals surface area (Å²) in [7, 11) is 0. The Balaban J connectivity index is 1.95. The lowest BCUT2D eigenvalue weighted by atomic mass is 10.2. The monoisotopic (exact) mass is 240 g/mol. The van der Waals surface area contributed by atoms with E-state index in [0.29, 0.717) is 6.10 Å². The van der Waals surface area contributed by atoms with Crippen molar-refractivity contribution in [2.24, 2.45) is 0 Å². The molecule has 2 heteroatoms. The highest BCUT2D eigenvalue weighted by atomic mass is 79.9. The molecule has 0 radical (unpaired) electrons. The summed E-state index contributed by atoms with van der Waals surface area (Å²) in [5, 5.41) is 1.02. The van der Waals surface area contributed by atoms with Crippen LogP contribution < -0.4 is 4.74 Å². The molecule has 1 fully saturated rings. The molecular weight excluding hydrogens is 228 g/mol. The van der Waals surface area contributed by atoms with Gasteiger partial charge >= 0.3 is 0 Å². The van der Waals surface area contributed by atoms with Gasteiger partial charge in [0.1, 0.15) is 5.75 Å². The molecule has 1 nitrogen and oxygen atoms in total. The van der Waals surface area contributed by atoms with E-state index in [4.69, 9.17) is 4.74 Å². The van der Waals surface area contributed by atoms with Crippen molar-refractivity contribution in [1.29, 1.82) is 0 Å². The highest BCUT2D eigenvalue weighted by Gasteiger charge is 2.23. The van der Waals surface area contributed by atoms with Crippen molar-refractivity contribution in [3.8, 4) is 5.75 Å². The third-order valence-corrected chi connectivity index (χ3v) is 2.53. The summed E-state index contributed by atoms with van der Waals surface area (Å²) in [5.74, 6) is 1.01. The predicted octanol–water partition coefficient (Wildman–Crippen LogP) is 3.17. The van der Waals surface area contributed by atoms with Gasteiger partial charge in [0.05, 0.1) is 6.10 Å². The topological polar surface area (TPSA) is 9.23 Å². The fourth-order valence-corrected chi connectivity index (χ4v) is 1.68. The van der Waals surface area contributed by atoms with Gasteiger partial charge in [-0.05, 0) is 37.0 Å². The maximum Gasteiger partial charge on any atom is 0.119 e. The number of halogens is 1. The third-order valence-electron chi connectivity index (χ3n) is 2.13. The minimum Gasteiger partial charge on any atom is -0.490 e. The van der Waals surface area contributed by atoms with Gasteiger partial charge in [0.15, 0.2) is 0 Å². The molecule has 0 N–H and O–H groups in total. The van der Waals surface area contributed by atoms with Crippen molar-refractivity contribution in [2.45, 2.75) is 25.4 Å². The summed E-state index contributed by atoms with van der Waals surface area (Å²) in [6.45, 7) is 0. The van der Waals surface area contributed by atoms with Gasteiger partial charge in [-0.25, -0.2) is 0 Å². The van der Waals surface area contributed by atoms with Crippen LogP contribution in [-0.4, -0.2) is 11.4 Å². The molecule has 70 valence electrons. The third kappa shape index (κ3) is 2.73. The highest BCUT2D eigenvalue weighted by Crippen LogP contribution is 2.26. The number of benzene rings is 1. The molecule has 0 atom stereocenters. The van der Waals surface area contributed by atoms with Crippen molar-refractivity contribution in [3.63, 3.8) is 0 Å². The Kier molecular flexibility index (Phi) is 2.89. The quantitative estimate of drug-likeness (QED) is 0.735. The van der Waals surface area contributed by atoms with E-state index in [1.54, 1.807) is 0 Å². The Morgan fingerprint density at radius 3 is 2.46 bits per heavy atom. The summed E-state index contributed by atoms with van der Waals surface area (Å²) in [4.78, 5) is 0. The smallest absolute Gasteiger partial charge is 0.119 e. The molecule has 1 saturated carbocycles. The van der Waals surface area contributed by atoms with E-state index in [0.717, 1.165) is 17.5 Å². The maximum atomic E-state index is 5.65. The molecule has 0 heterocycles. The van der Waals surface area contributed by atoms with Crippen LogP contribution in [0.25, 0.3) is 0 Å². The van der Waals surface area contributed by atoms with Gasteiger partial charge in [0.2, 0.25) is 0 Å². The first-order valence-electron chi connectivity index (χ1n) is 4.70. The summed E-state index contributed by atoms with van der Waals surface area (Å²) in [5.41, 5.74) is 1.36. The molecule has 0 saturated heterocycles. The molecule has 1 aliphatic carbocycles. The Morgan fingerprint density at radius 1 is 1.23 bits per heavy atom. The molecule has 2 rings (SSSR count). The molecule has 0 aromatic heterocycles. The van der Waals surface area contributed by atoms with E-state index in [-0.39, 0.29) is 0 Å². The summed E-state index contributed by atoms with van der Waals surface area (Å²) < 4.78 is 5.65. The van der Waals surface area contributed by atoms with Crippen LogP contribution >= 0.6 is 15.9 Å². The number of aryl methyl sites for hydroxylation is 1. The Bertz CT molecular complexity index is 264. The summed E-state index contributed by atoms with van der Waals surface area (Å²) in [6, 6.07) is 8.41. The van der Waals surface area contributed by atoms with Crippen molar-refractivity contribution >= 4 is 15.9 Å². The maximum absolute atomic E-state index is 5.65. The Morgan fingerprint density at radius 2 is 1.92 bits per heavy atom. The van der Waals surface area contributed by atoms with Gasteiger partial charge < -0.3 is 4.74 Å². The second-order valence-corrected chi connectivity index (χ2v) is 4.19. The van der Waals surface area contributed by atoms with E-state index in [1.165, 1.54) is 18.4 Å².